The van der Waals surface area contributed by atoms with Gasteiger partial charge in [0, 0.05) is 18.3 Å². The molecule has 0 spiro atoms. The van der Waals surface area contributed by atoms with Crippen molar-refractivity contribution in [2.45, 2.75) is 12.2 Å². The predicted octanol–water partition coefficient (Wildman–Crippen LogP) is 1.16. The molecular weight excluding hydrogens is 251 g/mol. The fourth-order valence-electron chi connectivity index (χ4n) is 1.72. The van der Waals surface area contributed by atoms with Gasteiger partial charge >= 0.3 is 12.2 Å². The topological polar surface area (TPSA) is 56.3 Å². The summed E-state index contributed by atoms with van der Waals surface area (Å²) < 4.78 is 48.5. The molecule has 2 heterocycles. The van der Waals surface area contributed by atoms with E-state index < -0.39 is 17.9 Å². The number of rotatable bonds is 2. The fourth-order valence-corrected chi connectivity index (χ4v) is 1.72. The largest absolute Gasteiger partial charge is 0.467 e. The summed E-state index contributed by atoms with van der Waals surface area (Å²) in [5, 5.41) is 2.94. The van der Waals surface area contributed by atoms with Crippen LogP contribution in [0.15, 0.2) is 6.20 Å². The summed E-state index contributed by atoms with van der Waals surface area (Å²) in [7, 11) is 1.22. The molecule has 1 aliphatic heterocycles. The minimum atomic E-state index is -4.55. The minimum absolute atomic E-state index is 0.0250. The first-order valence-electron chi connectivity index (χ1n) is 5.31. The molecule has 2 rings (SSSR count). The highest BCUT2D eigenvalue weighted by Crippen LogP contribution is 2.34. The van der Waals surface area contributed by atoms with Crippen molar-refractivity contribution in [3.63, 3.8) is 0 Å². The number of nitrogens with zero attached hydrogens (tertiary/aromatic N) is 2. The molecule has 1 aromatic rings. The zero-order chi connectivity index (χ0) is 13.2. The van der Waals surface area contributed by atoms with E-state index in [9.17, 15) is 13.2 Å². The number of aromatic nitrogens is 2. The van der Waals surface area contributed by atoms with E-state index in [2.05, 4.69) is 20.0 Å². The van der Waals surface area contributed by atoms with Gasteiger partial charge in [0.1, 0.15) is 0 Å². The normalized spacial score (nSPS) is 20.8. The lowest BCUT2D eigenvalue weighted by Gasteiger charge is -2.25. The van der Waals surface area contributed by atoms with Crippen molar-refractivity contribution in [3.8, 4) is 6.01 Å². The minimum Gasteiger partial charge on any atom is -0.467 e. The highest BCUT2D eigenvalue weighted by Gasteiger charge is 2.38. The van der Waals surface area contributed by atoms with E-state index in [0.29, 0.717) is 13.2 Å². The molecule has 0 aliphatic carbocycles. The first kappa shape index (κ1) is 13.0. The van der Waals surface area contributed by atoms with Gasteiger partial charge in [-0.2, -0.15) is 18.2 Å². The molecule has 18 heavy (non-hydrogen) atoms. The van der Waals surface area contributed by atoms with E-state index in [1.165, 1.54) is 7.11 Å². The lowest BCUT2D eigenvalue weighted by atomic mass is 10.1. The van der Waals surface area contributed by atoms with Crippen LogP contribution in [0.4, 0.5) is 13.2 Å². The van der Waals surface area contributed by atoms with E-state index in [0.717, 1.165) is 6.20 Å². The van der Waals surface area contributed by atoms with E-state index in [4.69, 9.17) is 4.74 Å². The smallest absolute Gasteiger partial charge is 0.433 e. The summed E-state index contributed by atoms with van der Waals surface area (Å²) in [6.07, 6.45) is -3.42. The van der Waals surface area contributed by atoms with Crippen LogP contribution in [0.2, 0.25) is 0 Å². The maximum Gasteiger partial charge on any atom is 0.433 e. The van der Waals surface area contributed by atoms with Gasteiger partial charge in [-0.1, -0.05) is 0 Å². The van der Waals surface area contributed by atoms with Gasteiger partial charge < -0.3 is 14.8 Å². The average molecular weight is 263 g/mol. The molecule has 1 atom stereocenters. The number of hydrogen-bond donors (Lipinski definition) is 1. The monoisotopic (exact) mass is 263 g/mol. The summed E-state index contributed by atoms with van der Waals surface area (Å²) in [6, 6.07) is -0.857. The third kappa shape index (κ3) is 2.70. The highest BCUT2D eigenvalue weighted by molar-refractivity contribution is 5.26. The molecule has 1 aliphatic rings. The Hall–Kier alpha value is -1.41. The second-order valence-corrected chi connectivity index (χ2v) is 3.74. The van der Waals surface area contributed by atoms with Crippen LogP contribution < -0.4 is 10.1 Å². The Morgan fingerprint density at radius 1 is 1.50 bits per heavy atom. The Balaban J connectivity index is 2.38. The van der Waals surface area contributed by atoms with E-state index in [1.807, 2.05) is 0 Å². The zero-order valence-corrected chi connectivity index (χ0v) is 9.62. The Bertz CT molecular complexity index is 419. The number of ether oxygens (including phenoxy) is 2. The van der Waals surface area contributed by atoms with Crippen molar-refractivity contribution in [3.05, 3.63) is 17.5 Å². The van der Waals surface area contributed by atoms with Crippen molar-refractivity contribution >= 4 is 0 Å². The maximum atomic E-state index is 12.9. The van der Waals surface area contributed by atoms with E-state index in [-0.39, 0.29) is 18.2 Å². The first-order valence-corrected chi connectivity index (χ1v) is 5.31. The van der Waals surface area contributed by atoms with Gasteiger partial charge in [-0.05, 0) is 0 Å². The van der Waals surface area contributed by atoms with Gasteiger partial charge in [-0.25, -0.2) is 4.98 Å². The number of alkyl halides is 3. The lowest BCUT2D eigenvalue weighted by molar-refractivity contribution is -0.142. The van der Waals surface area contributed by atoms with Crippen LogP contribution in [-0.4, -0.2) is 36.8 Å². The molecule has 1 fully saturated rings. The van der Waals surface area contributed by atoms with Crippen LogP contribution in [0.1, 0.15) is 17.3 Å². The standard InChI is InChI=1S/C10H12F3N3O2/c1-17-9-15-4-6(7-5-18-3-2-14-7)8(16-9)10(11,12)13/h4,7,14H,2-3,5H2,1H3. The Kier molecular flexibility index (Phi) is 3.67. The molecule has 0 aromatic carbocycles. The van der Waals surface area contributed by atoms with Gasteiger partial charge in [-0.15, -0.1) is 0 Å². The zero-order valence-electron chi connectivity index (χ0n) is 9.62. The molecular formula is C10H12F3N3O2. The van der Waals surface area contributed by atoms with Gasteiger partial charge in [0.2, 0.25) is 0 Å². The number of morpholine rings is 1. The van der Waals surface area contributed by atoms with Crippen molar-refractivity contribution in [1.29, 1.82) is 0 Å². The Morgan fingerprint density at radius 2 is 2.28 bits per heavy atom. The van der Waals surface area contributed by atoms with Crippen LogP contribution >= 0.6 is 0 Å². The molecule has 1 aromatic heterocycles. The number of halogens is 3. The summed E-state index contributed by atoms with van der Waals surface area (Å²) >= 11 is 0. The second kappa shape index (κ2) is 5.07. The Morgan fingerprint density at radius 3 is 2.83 bits per heavy atom. The molecule has 100 valence electrons. The van der Waals surface area contributed by atoms with Crippen LogP contribution in [-0.2, 0) is 10.9 Å². The van der Waals surface area contributed by atoms with Gasteiger partial charge in [0.05, 0.1) is 26.4 Å². The van der Waals surface area contributed by atoms with Crippen LogP contribution in [0.5, 0.6) is 6.01 Å². The Labute approximate surface area is 101 Å². The molecule has 0 saturated carbocycles. The summed E-state index contributed by atoms with van der Waals surface area (Å²) in [6.45, 7) is 1.14. The van der Waals surface area contributed by atoms with Crippen molar-refractivity contribution in [1.82, 2.24) is 15.3 Å². The van der Waals surface area contributed by atoms with Crippen molar-refractivity contribution < 1.29 is 22.6 Å². The molecule has 5 nitrogen and oxygen atoms in total. The summed E-state index contributed by atoms with van der Waals surface area (Å²) in [5.41, 5.74) is -1.01. The maximum absolute atomic E-state index is 12.9. The van der Waals surface area contributed by atoms with Crippen LogP contribution in [0.25, 0.3) is 0 Å². The molecule has 0 radical (unpaired) electrons. The lowest BCUT2D eigenvalue weighted by Crippen LogP contribution is -2.36. The second-order valence-electron chi connectivity index (χ2n) is 3.74. The average Bonchev–Trinajstić information content (AvgIpc) is 2.38. The molecule has 0 bridgehead atoms. The molecule has 0 amide bonds. The van der Waals surface area contributed by atoms with Gasteiger partial charge in [0.15, 0.2) is 5.69 Å². The van der Waals surface area contributed by atoms with Crippen LogP contribution in [0, 0.1) is 0 Å². The fraction of sp³-hybridized carbons (Fsp3) is 0.600. The van der Waals surface area contributed by atoms with Crippen LogP contribution in [0.3, 0.4) is 0 Å². The number of hydrogen-bond acceptors (Lipinski definition) is 5. The predicted molar refractivity (Wildman–Crippen MR) is 55.1 cm³/mol. The SMILES string of the molecule is COc1ncc(C2COCCN2)c(C(F)(F)F)n1. The van der Waals surface area contributed by atoms with E-state index >= 15 is 0 Å². The van der Waals surface area contributed by atoms with Crippen molar-refractivity contribution in [2.24, 2.45) is 0 Å². The third-order valence-corrected chi connectivity index (χ3v) is 2.54. The molecule has 1 saturated heterocycles. The van der Waals surface area contributed by atoms with Gasteiger partial charge in [0.25, 0.3) is 0 Å². The quantitative estimate of drug-likeness (QED) is 0.867. The molecule has 8 heteroatoms. The number of nitrogens with one attached hydrogen (secondary N) is 1. The van der Waals surface area contributed by atoms with Crippen molar-refractivity contribution in [2.75, 3.05) is 26.9 Å². The summed E-state index contributed by atoms with van der Waals surface area (Å²) in [4.78, 5) is 7.10. The van der Waals surface area contributed by atoms with E-state index in [1.54, 1.807) is 0 Å². The molecule has 1 unspecified atom stereocenters. The van der Waals surface area contributed by atoms with Gasteiger partial charge in [-0.3, -0.25) is 0 Å². The highest BCUT2D eigenvalue weighted by atomic mass is 19.4. The number of methoxy groups -OCH3 is 1. The summed E-state index contributed by atoms with van der Waals surface area (Å²) in [5.74, 6) is 0. The molecule has 1 N–H and O–H groups in total. The third-order valence-electron chi connectivity index (χ3n) is 2.54. The first-order chi connectivity index (χ1) is 8.52.